The number of Topliss-reactive ketones (excluding diaryl/α,β-unsaturated/α-hetero) is 1. The van der Waals surface area contributed by atoms with Gasteiger partial charge >= 0.3 is 6.03 Å². The molecule has 2 heterocycles. The number of hydrogen-bond acceptors (Lipinski definition) is 5. The molecular formula is C20H23ClN4O3S. The van der Waals surface area contributed by atoms with Crippen LogP contribution in [0.15, 0.2) is 24.3 Å². The van der Waals surface area contributed by atoms with E-state index in [-0.39, 0.29) is 36.6 Å². The second-order valence-corrected chi connectivity index (χ2v) is 8.66. The van der Waals surface area contributed by atoms with Crippen molar-refractivity contribution in [1.82, 2.24) is 15.2 Å². The molecular weight excluding hydrogens is 412 g/mol. The maximum atomic E-state index is 12.6. The zero-order valence-corrected chi connectivity index (χ0v) is 17.9. The number of hydrogen-bond donors (Lipinski definition) is 2. The molecule has 0 fully saturated rings. The highest BCUT2D eigenvalue weighted by atomic mass is 35.5. The maximum absolute atomic E-state index is 12.6. The van der Waals surface area contributed by atoms with Crippen molar-refractivity contribution in [2.24, 2.45) is 0 Å². The number of carbonyl (C=O) groups is 3. The van der Waals surface area contributed by atoms with E-state index >= 15 is 0 Å². The van der Waals surface area contributed by atoms with Crippen LogP contribution in [0.5, 0.6) is 0 Å². The summed E-state index contributed by atoms with van der Waals surface area (Å²) in [5.74, 6) is -0.133. The summed E-state index contributed by atoms with van der Waals surface area (Å²) in [6, 6.07) is 6.42. The van der Waals surface area contributed by atoms with Crippen LogP contribution in [-0.2, 0) is 17.8 Å². The summed E-state index contributed by atoms with van der Waals surface area (Å²) in [5, 5.41) is 6.59. The summed E-state index contributed by atoms with van der Waals surface area (Å²) >= 11 is 7.21. The van der Waals surface area contributed by atoms with E-state index in [9.17, 15) is 14.4 Å². The smallest absolute Gasteiger partial charge is 0.321 e. The third kappa shape index (κ3) is 5.77. The molecule has 0 unspecified atom stereocenters. The molecule has 0 radical (unpaired) electrons. The molecule has 7 nitrogen and oxygen atoms in total. The first kappa shape index (κ1) is 21.3. The Labute approximate surface area is 178 Å². The van der Waals surface area contributed by atoms with E-state index in [1.165, 1.54) is 11.3 Å². The first-order valence-corrected chi connectivity index (χ1v) is 10.6. The quantitative estimate of drug-likeness (QED) is 0.675. The van der Waals surface area contributed by atoms with Crippen molar-refractivity contribution in [3.05, 3.63) is 45.4 Å². The van der Waals surface area contributed by atoms with Crippen LogP contribution in [0.1, 0.15) is 47.6 Å². The number of rotatable bonds is 6. The Kier molecular flexibility index (Phi) is 6.87. The highest BCUT2D eigenvalue weighted by Crippen LogP contribution is 2.28. The summed E-state index contributed by atoms with van der Waals surface area (Å²) in [7, 11) is 0. The first-order valence-electron chi connectivity index (χ1n) is 9.44. The summed E-state index contributed by atoms with van der Waals surface area (Å²) in [6.45, 7) is 4.78. The molecule has 0 saturated heterocycles. The van der Waals surface area contributed by atoms with Crippen LogP contribution in [0.25, 0.3) is 0 Å². The lowest BCUT2D eigenvalue weighted by molar-refractivity contribution is -0.132. The molecule has 2 aromatic rings. The van der Waals surface area contributed by atoms with Crippen molar-refractivity contribution in [3.8, 4) is 0 Å². The molecule has 0 saturated carbocycles. The Balaban J connectivity index is 1.53. The van der Waals surface area contributed by atoms with Gasteiger partial charge in [-0.15, -0.1) is 0 Å². The molecule has 1 aliphatic rings. The molecule has 0 aliphatic carbocycles. The third-order valence-electron chi connectivity index (χ3n) is 4.46. The highest BCUT2D eigenvalue weighted by molar-refractivity contribution is 7.15. The van der Waals surface area contributed by atoms with Crippen LogP contribution in [0, 0.1) is 0 Å². The minimum atomic E-state index is -0.292. The SMILES string of the molecule is CC(C)NC(=O)Nc1nc2c(s1)CN(C(=O)CCC(=O)c1ccc(Cl)cc1)CC2. The lowest BCUT2D eigenvalue weighted by Gasteiger charge is -2.26. The van der Waals surface area contributed by atoms with Gasteiger partial charge in [0.1, 0.15) is 0 Å². The fourth-order valence-corrected chi connectivity index (χ4v) is 4.16. The van der Waals surface area contributed by atoms with Gasteiger partial charge in [0.15, 0.2) is 10.9 Å². The van der Waals surface area contributed by atoms with Crippen LogP contribution in [0.2, 0.25) is 5.02 Å². The lowest BCUT2D eigenvalue weighted by atomic mass is 10.1. The number of anilines is 1. The van der Waals surface area contributed by atoms with Gasteiger partial charge in [0, 0.05) is 47.3 Å². The van der Waals surface area contributed by atoms with Crippen molar-refractivity contribution >= 4 is 45.8 Å². The largest absolute Gasteiger partial charge is 0.337 e. The molecule has 0 atom stereocenters. The molecule has 0 spiro atoms. The number of benzene rings is 1. The number of thiazole rings is 1. The number of ketones is 1. The minimum absolute atomic E-state index is 0.0354. The van der Waals surface area contributed by atoms with Gasteiger partial charge < -0.3 is 10.2 Å². The second-order valence-electron chi connectivity index (χ2n) is 7.14. The minimum Gasteiger partial charge on any atom is -0.337 e. The van der Waals surface area contributed by atoms with Crippen LogP contribution in [0.3, 0.4) is 0 Å². The maximum Gasteiger partial charge on any atom is 0.321 e. The Morgan fingerprint density at radius 1 is 1.21 bits per heavy atom. The van der Waals surface area contributed by atoms with Gasteiger partial charge in [0.05, 0.1) is 12.2 Å². The monoisotopic (exact) mass is 434 g/mol. The Bertz CT molecular complexity index is 911. The molecule has 0 bridgehead atoms. The van der Waals surface area contributed by atoms with Crippen molar-refractivity contribution in [2.75, 3.05) is 11.9 Å². The summed E-state index contributed by atoms with van der Waals surface area (Å²) in [4.78, 5) is 43.8. The third-order valence-corrected chi connectivity index (χ3v) is 5.71. The second kappa shape index (κ2) is 9.37. The van der Waals surface area contributed by atoms with Gasteiger partial charge in [-0.25, -0.2) is 9.78 Å². The molecule has 9 heteroatoms. The number of carbonyl (C=O) groups excluding carboxylic acids is 3. The average molecular weight is 435 g/mol. The number of nitrogens with one attached hydrogen (secondary N) is 2. The van der Waals surface area contributed by atoms with Gasteiger partial charge in [-0.1, -0.05) is 22.9 Å². The topological polar surface area (TPSA) is 91.4 Å². The molecule has 2 N–H and O–H groups in total. The van der Waals surface area contributed by atoms with E-state index in [2.05, 4.69) is 15.6 Å². The van der Waals surface area contributed by atoms with Crippen LogP contribution >= 0.6 is 22.9 Å². The van der Waals surface area contributed by atoms with E-state index in [1.54, 1.807) is 29.2 Å². The number of aromatic nitrogens is 1. The van der Waals surface area contributed by atoms with E-state index in [4.69, 9.17) is 11.6 Å². The van der Waals surface area contributed by atoms with E-state index in [1.807, 2.05) is 13.8 Å². The predicted octanol–water partition coefficient (Wildman–Crippen LogP) is 3.87. The number of urea groups is 1. The van der Waals surface area contributed by atoms with Crippen LogP contribution < -0.4 is 10.6 Å². The van der Waals surface area contributed by atoms with Crippen LogP contribution in [0.4, 0.5) is 9.93 Å². The summed E-state index contributed by atoms with van der Waals surface area (Å²) in [5.41, 5.74) is 1.47. The number of nitrogens with zero attached hydrogens (tertiary/aromatic N) is 2. The summed E-state index contributed by atoms with van der Waals surface area (Å²) < 4.78 is 0. The molecule has 3 amide bonds. The molecule has 29 heavy (non-hydrogen) atoms. The molecule has 3 rings (SSSR count). The average Bonchev–Trinajstić information content (AvgIpc) is 3.06. The summed E-state index contributed by atoms with van der Waals surface area (Å²) in [6.07, 6.45) is 0.961. The van der Waals surface area contributed by atoms with Crippen molar-refractivity contribution in [2.45, 2.75) is 45.7 Å². The standard InChI is InChI=1S/C20H23ClN4O3S/c1-12(2)22-19(28)24-20-23-15-9-10-25(11-17(15)29-20)18(27)8-7-16(26)13-3-5-14(21)6-4-13/h3-6,12H,7-11H2,1-2H3,(H2,22,23,24,28). The van der Waals surface area contributed by atoms with Crippen molar-refractivity contribution in [1.29, 1.82) is 0 Å². The van der Waals surface area contributed by atoms with Crippen LogP contribution in [-0.4, -0.2) is 40.2 Å². The van der Waals surface area contributed by atoms with Gasteiger partial charge in [0.25, 0.3) is 0 Å². The molecule has 1 aromatic heterocycles. The normalized spacial score (nSPS) is 13.2. The Morgan fingerprint density at radius 3 is 2.62 bits per heavy atom. The number of amides is 3. The van der Waals surface area contributed by atoms with Crippen molar-refractivity contribution < 1.29 is 14.4 Å². The fraction of sp³-hybridized carbons (Fsp3) is 0.400. The highest BCUT2D eigenvalue weighted by Gasteiger charge is 2.25. The van der Waals surface area contributed by atoms with Gasteiger partial charge in [0.2, 0.25) is 5.91 Å². The zero-order chi connectivity index (χ0) is 21.0. The zero-order valence-electron chi connectivity index (χ0n) is 16.3. The van der Waals surface area contributed by atoms with Crippen molar-refractivity contribution in [3.63, 3.8) is 0 Å². The number of fused-ring (bicyclic) bond motifs is 1. The van der Waals surface area contributed by atoms with Gasteiger partial charge in [-0.2, -0.15) is 0 Å². The Morgan fingerprint density at radius 2 is 1.93 bits per heavy atom. The lowest BCUT2D eigenvalue weighted by Crippen LogP contribution is -2.35. The molecule has 1 aromatic carbocycles. The fourth-order valence-electron chi connectivity index (χ4n) is 3.02. The first-order chi connectivity index (χ1) is 13.8. The van der Waals surface area contributed by atoms with E-state index < -0.39 is 0 Å². The van der Waals surface area contributed by atoms with Gasteiger partial charge in [-0.3, -0.25) is 14.9 Å². The van der Waals surface area contributed by atoms with E-state index in [0.717, 1.165) is 10.6 Å². The van der Waals surface area contributed by atoms with Gasteiger partial charge in [-0.05, 0) is 38.1 Å². The predicted molar refractivity (Wildman–Crippen MR) is 114 cm³/mol. The Hall–Kier alpha value is -2.45. The molecule has 154 valence electrons. The number of halogens is 1. The molecule has 1 aliphatic heterocycles. The van der Waals surface area contributed by atoms with E-state index in [0.29, 0.717) is 35.2 Å².